The van der Waals surface area contributed by atoms with Crippen LogP contribution in [-0.2, 0) is 18.0 Å². The van der Waals surface area contributed by atoms with Gasteiger partial charge in [0.05, 0.1) is 40.5 Å². The minimum absolute atomic E-state index is 0. The predicted molar refractivity (Wildman–Crippen MR) is 254 cm³/mol. The summed E-state index contributed by atoms with van der Waals surface area (Å²) in [7, 11) is 0. The molecule has 2 amide bonds. The molecule has 4 fully saturated rings. The van der Waals surface area contributed by atoms with Gasteiger partial charge in [-0.1, -0.05) is 23.2 Å². The largest absolute Gasteiger partial charge is 2.00 e. The van der Waals surface area contributed by atoms with Crippen molar-refractivity contribution in [2.75, 3.05) is 21.3 Å². The van der Waals surface area contributed by atoms with Crippen molar-refractivity contribution in [3.8, 4) is 0 Å². The zero-order valence-corrected chi connectivity index (χ0v) is 42.2. The fourth-order valence-corrected chi connectivity index (χ4v) is 7.50. The summed E-state index contributed by atoms with van der Waals surface area (Å²) < 4.78 is 76.2. The van der Waals surface area contributed by atoms with E-state index in [1.165, 1.54) is 74.0 Å². The number of hydrogen-bond donors (Lipinski definition) is 5. The maximum atomic E-state index is 13.1. The number of ketones is 1. The van der Waals surface area contributed by atoms with Crippen LogP contribution in [0.4, 0.5) is 61.0 Å². The monoisotopic (exact) mass is 1110 g/mol. The standard InChI is InChI=1S/C24H21ClF3N5O2.C21H15ClF3N5O2.C3H5.BrH.Mg/c25-19-10-17(23(35,14-1-2-14)15-3-4-15)18(12-30-19)32-22(34)13-7-8-29-21(9-13)33-20-6-5-16(11-31-20)24(26,27)28;22-16-8-14(19(31)11-1-2-11)15(10-27-16)29-20(32)12-5-6-26-18(7-12)30-17-4-3-13(9-28-17)21(23,24)25;1-2-3-1;;/h5-12,14-15,35H,1-4H2,(H,32,34)(H,29,31,33);3-11H,1-2H2,(H,29,32)(H,26,28,30);1H,2-3H2;1H;/q;;-1;;+2/p-1. The third kappa shape index (κ3) is 14.8. The first-order chi connectivity index (χ1) is 33.3. The number of rotatable bonds is 13. The Morgan fingerprint density at radius 3 is 1.43 bits per heavy atom. The predicted octanol–water partition coefficient (Wildman–Crippen LogP) is 8.29. The SMILES string of the molecule is O=C(Nc1cnc(Cl)cc1C(=O)C1CC1)c1ccnc(Nc2ccc(C(F)(F)F)cn2)c1.O=C(Nc1cnc(Cl)cc1C(O)(C1CC1)C1CC1)c1ccnc(Nc2ccc(C(F)(F)F)cn2)c1.[Br-].[CH-]1CC1.[Mg+2]. The van der Waals surface area contributed by atoms with Gasteiger partial charge >= 0.3 is 35.4 Å². The molecule has 6 aromatic heterocycles. The molecule has 6 aromatic rings. The second-order valence-corrected chi connectivity index (χ2v) is 17.6. The first kappa shape index (κ1) is 55.8. The molecule has 0 spiro atoms. The van der Waals surface area contributed by atoms with Crippen LogP contribution in [0.5, 0.6) is 0 Å². The molecule has 0 radical (unpaired) electrons. The number of nitrogens with zero attached hydrogens (tertiary/aromatic N) is 6. The van der Waals surface area contributed by atoms with E-state index in [9.17, 15) is 45.8 Å². The molecule has 4 aliphatic rings. The number of alkyl halides is 6. The van der Waals surface area contributed by atoms with E-state index in [2.05, 4.69) is 57.6 Å². The van der Waals surface area contributed by atoms with Gasteiger partial charge in [0, 0.05) is 53.0 Å². The van der Waals surface area contributed by atoms with E-state index >= 15 is 0 Å². The number of nitrogens with one attached hydrogen (secondary N) is 4. The molecule has 6 heterocycles. The second kappa shape index (κ2) is 23.6. The van der Waals surface area contributed by atoms with Crippen LogP contribution in [0.3, 0.4) is 0 Å². The summed E-state index contributed by atoms with van der Waals surface area (Å²) >= 11 is 12.1. The quantitative estimate of drug-likeness (QED) is 0.0244. The van der Waals surface area contributed by atoms with Gasteiger partial charge in [0.1, 0.15) is 33.6 Å². The molecule has 72 heavy (non-hydrogen) atoms. The number of aromatic nitrogens is 6. The maximum absolute atomic E-state index is 13.1. The molecular weight excluding hydrogens is 1070 g/mol. The summed E-state index contributed by atoms with van der Waals surface area (Å²) in [5.74, 6) is -0.213. The summed E-state index contributed by atoms with van der Waals surface area (Å²) in [6, 6.07) is 13.0. The van der Waals surface area contributed by atoms with Gasteiger partial charge in [0.25, 0.3) is 11.8 Å². The van der Waals surface area contributed by atoms with E-state index in [-0.39, 0.29) is 114 Å². The number of carbonyl (C=O) groups is 3. The topological polar surface area (TPSA) is 197 Å². The van der Waals surface area contributed by atoms with Crippen molar-refractivity contribution in [3.63, 3.8) is 0 Å². The van der Waals surface area contributed by atoms with E-state index < -0.39 is 40.9 Å². The Labute approximate surface area is 444 Å². The minimum Gasteiger partial charge on any atom is -1.00 e. The van der Waals surface area contributed by atoms with Crippen molar-refractivity contribution in [2.24, 2.45) is 17.8 Å². The Morgan fingerprint density at radius 2 is 1.03 bits per heavy atom. The van der Waals surface area contributed by atoms with E-state index in [0.717, 1.165) is 62.9 Å². The number of anilines is 6. The Kier molecular flexibility index (Phi) is 18.3. The van der Waals surface area contributed by atoms with Crippen molar-refractivity contribution in [1.82, 2.24) is 29.9 Å². The Bertz CT molecular complexity index is 2880. The molecular formula is C48H41BrCl2F6MgN10O4. The summed E-state index contributed by atoms with van der Waals surface area (Å²) in [5, 5.41) is 23.0. The van der Waals surface area contributed by atoms with Gasteiger partial charge in [0.2, 0.25) is 0 Å². The van der Waals surface area contributed by atoms with Crippen molar-refractivity contribution < 1.29 is 62.8 Å². The van der Waals surface area contributed by atoms with Gasteiger partial charge in [-0.25, -0.2) is 42.7 Å². The van der Waals surface area contributed by atoms with Crippen LogP contribution >= 0.6 is 23.2 Å². The van der Waals surface area contributed by atoms with Crippen molar-refractivity contribution in [3.05, 3.63) is 148 Å². The number of halogens is 9. The molecule has 14 nitrogen and oxygen atoms in total. The summed E-state index contributed by atoms with van der Waals surface area (Å²) in [6.07, 6.45) is 8.21. The van der Waals surface area contributed by atoms with Gasteiger partial charge in [0.15, 0.2) is 5.78 Å². The zero-order chi connectivity index (χ0) is 49.8. The van der Waals surface area contributed by atoms with Crippen LogP contribution in [0, 0.1) is 24.2 Å². The fourth-order valence-electron chi connectivity index (χ4n) is 7.18. The maximum Gasteiger partial charge on any atom is 2.00 e. The van der Waals surface area contributed by atoms with Crippen molar-refractivity contribution in [1.29, 1.82) is 0 Å². The van der Waals surface area contributed by atoms with Crippen LogP contribution < -0.4 is 38.2 Å². The molecule has 24 heteroatoms. The number of carbonyl (C=O) groups excluding carboxylic acids is 3. The van der Waals surface area contributed by atoms with Crippen LogP contribution in [0.25, 0.3) is 0 Å². The first-order valence-corrected chi connectivity index (χ1v) is 22.7. The second-order valence-electron chi connectivity index (χ2n) is 16.9. The van der Waals surface area contributed by atoms with E-state index in [1.807, 2.05) is 0 Å². The molecule has 4 aliphatic carbocycles. The van der Waals surface area contributed by atoms with Crippen LogP contribution in [-0.4, -0.2) is 75.7 Å². The number of Topliss-reactive ketones (excluding diaryl/α,β-unsaturated/α-hetero) is 1. The third-order valence-corrected chi connectivity index (χ3v) is 11.7. The Hall–Kier alpha value is -5.52. The van der Waals surface area contributed by atoms with Gasteiger partial charge < -0.3 is 49.8 Å². The van der Waals surface area contributed by atoms with Gasteiger partial charge in [-0.05, 0) is 111 Å². The van der Waals surface area contributed by atoms with Gasteiger partial charge in [-0.3, -0.25) is 14.4 Å². The summed E-state index contributed by atoms with van der Waals surface area (Å²) in [6.45, 7) is 0. The first-order valence-electron chi connectivity index (χ1n) is 21.9. The number of amides is 2. The smallest absolute Gasteiger partial charge is 1.00 e. The van der Waals surface area contributed by atoms with Gasteiger partial charge in [-0.15, -0.1) is 0 Å². The van der Waals surface area contributed by atoms with Gasteiger partial charge in [-0.2, -0.15) is 26.3 Å². The molecule has 0 unspecified atom stereocenters. The van der Waals surface area contributed by atoms with Crippen molar-refractivity contribution >= 4 is 98.5 Å². The Balaban J connectivity index is 0.000000217. The van der Waals surface area contributed by atoms with Crippen LogP contribution in [0.15, 0.2) is 97.8 Å². The number of aliphatic hydroxyl groups is 1. The number of pyridine rings is 6. The molecule has 0 saturated heterocycles. The molecule has 10 rings (SSSR count). The Morgan fingerprint density at radius 1 is 0.583 bits per heavy atom. The molecule has 5 N–H and O–H groups in total. The average Bonchev–Trinajstić information content (AvgIpc) is 4.13. The van der Waals surface area contributed by atoms with E-state index in [1.54, 1.807) is 6.07 Å². The summed E-state index contributed by atoms with van der Waals surface area (Å²) in [4.78, 5) is 61.9. The average molecular weight is 1110 g/mol. The minimum atomic E-state index is -4.49. The van der Waals surface area contributed by atoms with E-state index in [4.69, 9.17) is 23.2 Å². The summed E-state index contributed by atoms with van der Waals surface area (Å²) in [5.41, 5.74) is -0.867. The number of hydrogen-bond acceptors (Lipinski definition) is 12. The van der Waals surface area contributed by atoms with Crippen LogP contribution in [0.1, 0.15) is 99.1 Å². The zero-order valence-electron chi connectivity index (χ0n) is 37.7. The van der Waals surface area contributed by atoms with Crippen LogP contribution in [0.2, 0.25) is 10.3 Å². The molecule has 4 saturated carbocycles. The third-order valence-electron chi connectivity index (χ3n) is 11.3. The molecule has 0 atom stereocenters. The fraction of sp³-hybridized carbons (Fsp3) is 0.292. The van der Waals surface area contributed by atoms with Crippen molar-refractivity contribution in [2.45, 2.75) is 69.3 Å². The van der Waals surface area contributed by atoms with E-state index in [0.29, 0.717) is 23.0 Å². The molecule has 0 aliphatic heterocycles. The molecule has 0 bridgehead atoms. The normalized spacial score (nSPS) is 14.8. The molecule has 372 valence electrons. The molecule has 0 aromatic carbocycles.